The molecule has 1 aliphatic carbocycles. The fourth-order valence-corrected chi connectivity index (χ4v) is 1.72. The van der Waals surface area contributed by atoms with E-state index in [1.54, 1.807) is 13.3 Å². The van der Waals surface area contributed by atoms with Gasteiger partial charge in [0.2, 0.25) is 0 Å². The lowest BCUT2D eigenvalue weighted by Gasteiger charge is -2.20. The highest BCUT2D eigenvalue weighted by molar-refractivity contribution is 5.32. The molecule has 1 N–H and O–H groups in total. The van der Waals surface area contributed by atoms with Gasteiger partial charge >= 0.3 is 0 Å². The van der Waals surface area contributed by atoms with Crippen molar-refractivity contribution in [1.29, 1.82) is 0 Å². The van der Waals surface area contributed by atoms with Crippen molar-refractivity contribution in [2.45, 2.75) is 25.4 Å². The summed E-state index contributed by atoms with van der Waals surface area (Å²) < 4.78 is 5.05. The molecule has 0 amide bonds. The van der Waals surface area contributed by atoms with Crippen LogP contribution in [-0.4, -0.2) is 17.2 Å². The first-order valence-corrected chi connectivity index (χ1v) is 4.52. The average molecular weight is 179 g/mol. The molecule has 13 heavy (non-hydrogen) atoms. The Labute approximate surface area is 77.4 Å². The lowest BCUT2D eigenvalue weighted by atomic mass is 9.93. The third kappa shape index (κ3) is 1.52. The lowest BCUT2D eigenvalue weighted by molar-refractivity contribution is 0.155. The quantitative estimate of drug-likeness (QED) is 0.709. The van der Waals surface area contributed by atoms with Crippen LogP contribution in [0.5, 0.6) is 5.75 Å². The molecule has 1 heterocycles. The minimum atomic E-state index is -0.355. The van der Waals surface area contributed by atoms with Gasteiger partial charge in [-0.25, -0.2) is 0 Å². The molecule has 1 aliphatic rings. The number of nitrogens with zero attached hydrogens (tertiary/aromatic N) is 1. The summed E-state index contributed by atoms with van der Waals surface area (Å²) >= 11 is 0. The zero-order chi connectivity index (χ0) is 9.26. The summed E-state index contributed by atoms with van der Waals surface area (Å²) in [5.41, 5.74) is 1.95. The first kappa shape index (κ1) is 8.51. The van der Waals surface area contributed by atoms with E-state index < -0.39 is 0 Å². The normalized spacial score (nSPS) is 20.9. The number of aliphatic hydroxyl groups is 1. The van der Waals surface area contributed by atoms with Gasteiger partial charge in [-0.15, -0.1) is 0 Å². The molecule has 2 rings (SSSR count). The predicted molar refractivity (Wildman–Crippen MR) is 48.7 cm³/mol. The van der Waals surface area contributed by atoms with E-state index in [1.165, 1.54) is 0 Å². The molecule has 0 radical (unpaired) electrons. The van der Waals surface area contributed by atoms with Gasteiger partial charge in [0.05, 0.1) is 19.4 Å². The first-order chi connectivity index (χ1) is 6.31. The number of fused-ring (bicyclic) bond motifs is 1. The first-order valence-electron chi connectivity index (χ1n) is 4.52. The molecule has 1 aromatic heterocycles. The van der Waals surface area contributed by atoms with Crippen molar-refractivity contribution in [3.63, 3.8) is 0 Å². The molecule has 0 aliphatic heterocycles. The maximum Gasteiger partial charge on any atom is 0.137 e. The second-order valence-corrected chi connectivity index (χ2v) is 3.32. The largest absolute Gasteiger partial charge is 0.495 e. The summed E-state index contributed by atoms with van der Waals surface area (Å²) in [7, 11) is 1.61. The van der Waals surface area contributed by atoms with E-state index in [1.807, 2.05) is 6.07 Å². The Hall–Kier alpha value is -1.09. The zero-order valence-electron chi connectivity index (χ0n) is 7.66. The summed E-state index contributed by atoms with van der Waals surface area (Å²) in [6.07, 6.45) is 4.18. The SMILES string of the molecule is COc1cnc2c(c1)C(O)CCC2. The molecule has 0 fully saturated rings. The fourth-order valence-electron chi connectivity index (χ4n) is 1.72. The van der Waals surface area contributed by atoms with E-state index in [0.717, 1.165) is 36.3 Å². The van der Waals surface area contributed by atoms with E-state index in [0.29, 0.717) is 0 Å². The van der Waals surface area contributed by atoms with E-state index in [4.69, 9.17) is 4.74 Å². The summed E-state index contributed by atoms with van der Waals surface area (Å²) in [6.45, 7) is 0. The van der Waals surface area contributed by atoms with E-state index in [9.17, 15) is 5.11 Å². The molecule has 1 unspecified atom stereocenters. The Kier molecular flexibility index (Phi) is 2.19. The average Bonchev–Trinajstić information content (AvgIpc) is 2.18. The molecule has 70 valence electrons. The van der Waals surface area contributed by atoms with Crippen LogP contribution in [0.1, 0.15) is 30.2 Å². The number of pyridine rings is 1. The van der Waals surface area contributed by atoms with Crippen LogP contribution in [0.4, 0.5) is 0 Å². The van der Waals surface area contributed by atoms with Gasteiger partial charge in [-0.1, -0.05) is 0 Å². The summed E-state index contributed by atoms with van der Waals surface area (Å²) in [5, 5.41) is 9.69. The molecular formula is C10H13NO2. The highest BCUT2D eigenvalue weighted by Crippen LogP contribution is 2.30. The summed E-state index contributed by atoms with van der Waals surface area (Å²) in [6, 6.07) is 1.88. The fraction of sp³-hybridized carbons (Fsp3) is 0.500. The van der Waals surface area contributed by atoms with Gasteiger partial charge in [-0.05, 0) is 25.3 Å². The highest BCUT2D eigenvalue weighted by Gasteiger charge is 2.19. The number of aromatic nitrogens is 1. The lowest BCUT2D eigenvalue weighted by Crippen LogP contribution is -2.10. The van der Waals surface area contributed by atoms with Crippen molar-refractivity contribution < 1.29 is 9.84 Å². The number of rotatable bonds is 1. The van der Waals surface area contributed by atoms with Gasteiger partial charge in [0.1, 0.15) is 5.75 Å². The molecule has 1 atom stereocenters. The van der Waals surface area contributed by atoms with Crippen molar-refractivity contribution in [2.75, 3.05) is 7.11 Å². The maximum absolute atomic E-state index is 9.69. The monoisotopic (exact) mass is 179 g/mol. The molecular weight excluding hydrogens is 166 g/mol. The van der Waals surface area contributed by atoms with Crippen molar-refractivity contribution in [3.05, 3.63) is 23.5 Å². The highest BCUT2D eigenvalue weighted by atomic mass is 16.5. The molecule has 3 heteroatoms. The Morgan fingerprint density at radius 2 is 2.46 bits per heavy atom. The number of hydrogen-bond acceptors (Lipinski definition) is 3. The van der Waals surface area contributed by atoms with Crippen LogP contribution < -0.4 is 4.74 Å². The van der Waals surface area contributed by atoms with Crippen LogP contribution in [0.3, 0.4) is 0 Å². The molecule has 0 bridgehead atoms. The van der Waals surface area contributed by atoms with Gasteiger partial charge < -0.3 is 9.84 Å². The van der Waals surface area contributed by atoms with Gasteiger partial charge in [0.25, 0.3) is 0 Å². The number of methoxy groups -OCH3 is 1. The number of aryl methyl sites for hydroxylation is 1. The molecule has 0 saturated carbocycles. The van der Waals surface area contributed by atoms with E-state index in [-0.39, 0.29) is 6.10 Å². The van der Waals surface area contributed by atoms with Crippen molar-refractivity contribution in [3.8, 4) is 5.75 Å². The van der Waals surface area contributed by atoms with Gasteiger partial charge in [-0.3, -0.25) is 4.98 Å². The molecule has 0 aromatic carbocycles. The third-order valence-electron chi connectivity index (χ3n) is 2.46. The minimum absolute atomic E-state index is 0.355. The zero-order valence-corrected chi connectivity index (χ0v) is 7.66. The summed E-state index contributed by atoms with van der Waals surface area (Å²) in [4.78, 5) is 4.26. The molecule has 0 saturated heterocycles. The Balaban J connectivity index is 2.41. The standard InChI is InChI=1S/C10H13NO2/c1-13-7-5-8-9(11-6-7)3-2-4-10(8)12/h5-6,10,12H,2-4H2,1H3. The third-order valence-corrected chi connectivity index (χ3v) is 2.46. The molecule has 3 nitrogen and oxygen atoms in total. The van der Waals surface area contributed by atoms with Crippen LogP contribution in [-0.2, 0) is 6.42 Å². The number of aliphatic hydroxyl groups excluding tert-OH is 1. The topological polar surface area (TPSA) is 42.4 Å². The second-order valence-electron chi connectivity index (χ2n) is 3.32. The van der Waals surface area contributed by atoms with Crippen molar-refractivity contribution >= 4 is 0 Å². The Morgan fingerprint density at radius 1 is 1.62 bits per heavy atom. The molecule has 0 spiro atoms. The number of hydrogen-bond donors (Lipinski definition) is 1. The Morgan fingerprint density at radius 3 is 3.23 bits per heavy atom. The van der Waals surface area contributed by atoms with Crippen LogP contribution in [0.15, 0.2) is 12.3 Å². The van der Waals surface area contributed by atoms with Crippen LogP contribution in [0, 0.1) is 0 Å². The van der Waals surface area contributed by atoms with E-state index >= 15 is 0 Å². The second kappa shape index (κ2) is 3.34. The number of ether oxygens (including phenoxy) is 1. The smallest absolute Gasteiger partial charge is 0.137 e. The van der Waals surface area contributed by atoms with Crippen molar-refractivity contribution in [2.24, 2.45) is 0 Å². The van der Waals surface area contributed by atoms with Gasteiger partial charge in [0.15, 0.2) is 0 Å². The minimum Gasteiger partial charge on any atom is -0.495 e. The van der Waals surface area contributed by atoms with Crippen molar-refractivity contribution in [1.82, 2.24) is 4.98 Å². The van der Waals surface area contributed by atoms with E-state index in [2.05, 4.69) is 4.98 Å². The van der Waals surface area contributed by atoms with Gasteiger partial charge in [-0.2, -0.15) is 0 Å². The summed E-state index contributed by atoms with van der Waals surface area (Å²) in [5.74, 6) is 0.722. The maximum atomic E-state index is 9.69. The van der Waals surface area contributed by atoms with Crippen LogP contribution in [0.25, 0.3) is 0 Å². The van der Waals surface area contributed by atoms with Gasteiger partial charge in [0, 0.05) is 11.3 Å². The molecule has 1 aromatic rings. The van der Waals surface area contributed by atoms with Crippen LogP contribution >= 0.6 is 0 Å². The predicted octanol–water partition coefficient (Wildman–Crippen LogP) is 1.46. The Bertz CT molecular complexity index is 312. The van der Waals surface area contributed by atoms with Crippen LogP contribution in [0.2, 0.25) is 0 Å².